The molecule has 1 aromatic heterocycles. The molecule has 0 spiro atoms. The van der Waals surface area contributed by atoms with Crippen molar-refractivity contribution in [2.24, 2.45) is 0 Å². The van der Waals surface area contributed by atoms with Crippen LogP contribution in [0.4, 0.5) is 11.4 Å². The van der Waals surface area contributed by atoms with E-state index >= 15 is 0 Å². The van der Waals surface area contributed by atoms with Crippen molar-refractivity contribution in [2.45, 2.75) is 32.6 Å². The largest absolute Gasteiger partial charge is 0.456 e. The Kier molecular flexibility index (Phi) is 6.92. The maximum Gasteiger partial charge on any atom is 0.289 e. The number of nitrogens with one attached hydrogen (secondary N) is 1. The Morgan fingerprint density at radius 2 is 1.55 bits per heavy atom. The van der Waals surface area contributed by atoms with Crippen LogP contribution in [0.3, 0.4) is 0 Å². The lowest BCUT2D eigenvalue weighted by atomic mass is 10.2. The third kappa shape index (κ3) is 5.67. The Morgan fingerprint density at radius 3 is 2.16 bits per heavy atom. The number of aryl methyl sites for hydroxylation is 1. The van der Waals surface area contributed by atoms with Gasteiger partial charge in [0.1, 0.15) is 5.76 Å². The molecule has 0 saturated carbocycles. The van der Waals surface area contributed by atoms with Gasteiger partial charge in [0.25, 0.3) is 5.91 Å². The molecule has 0 bridgehead atoms. The second kappa shape index (κ2) is 10.0. The molecule has 31 heavy (non-hydrogen) atoms. The van der Waals surface area contributed by atoms with Crippen molar-refractivity contribution in [1.29, 1.82) is 0 Å². The lowest BCUT2D eigenvalue weighted by Gasteiger charge is -2.33. The highest BCUT2D eigenvalue weighted by Crippen LogP contribution is 2.21. The zero-order valence-corrected chi connectivity index (χ0v) is 18.3. The predicted octanol–water partition coefficient (Wildman–Crippen LogP) is 3.36. The highest BCUT2D eigenvalue weighted by molar-refractivity contribution is 5.93. The van der Waals surface area contributed by atoms with E-state index in [4.69, 9.17) is 4.42 Å². The Hall–Kier alpha value is -2.80. The van der Waals surface area contributed by atoms with E-state index in [9.17, 15) is 9.59 Å². The first kappa shape index (κ1) is 21.4. The van der Waals surface area contributed by atoms with Crippen LogP contribution in [0.25, 0.3) is 0 Å². The molecule has 4 rings (SSSR count). The molecule has 0 radical (unpaired) electrons. The van der Waals surface area contributed by atoms with Gasteiger partial charge in [-0.1, -0.05) is 12.8 Å². The average molecular weight is 425 g/mol. The molecule has 7 heteroatoms. The quantitative estimate of drug-likeness (QED) is 0.797. The van der Waals surface area contributed by atoms with Crippen LogP contribution < -0.4 is 10.2 Å². The van der Waals surface area contributed by atoms with E-state index in [2.05, 4.69) is 27.2 Å². The molecule has 3 heterocycles. The van der Waals surface area contributed by atoms with Crippen molar-refractivity contribution in [3.05, 3.63) is 47.9 Å². The maximum absolute atomic E-state index is 12.5. The van der Waals surface area contributed by atoms with Crippen molar-refractivity contribution in [1.82, 2.24) is 9.80 Å². The molecule has 0 aliphatic carbocycles. The second-order valence-electron chi connectivity index (χ2n) is 8.47. The molecule has 2 saturated heterocycles. The van der Waals surface area contributed by atoms with E-state index in [1.807, 2.05) is 19.1 Å². The van der Waals surface area contributed by atoms with Crippen LogP contribution >= 0.6 is 0 Å². The molecular formula is C24H32N4O3. The first-order valence-electron chi connectivity index (χ1n) is 11.3. The van der Waals surface area contributed by atoms with Gasteiger partial charge in [-0.15, -0.1) is 0 Å². The Bertz CT molecular complexity index is 876. The molecule has 2 aliphatic heterocycles. The Morgan fingerprint density at radius 1 is 0.871 bits per heavy atom. The van der Waals surface area contributed by atoms with Gasteiger partial charge < -0.3 is 19.5 Å². The fraction of sp³-hybridized carbons (Fsp3) is 0.500. The number of carbonyl (C=O) groups is 2. The van der Waals surface area contributed by atoms with Gasteiger partial charge >= 0.3 is 0 Å². The minimum Gasteiger partial charge on any atom is -0.456 e. The number of anilines is 2. The molecule has 2 aromatic rings. The molecule has 2 fully saturated rings. The molecule has 1 aromatic carbocycles. The minimum atomic E-state index is -0.0818. The predicted molar refractivity (Wildman–Crippen MR) is 122 cm³/mol. The summed E-state index contributed by atoms with van der Waals surface area (Å²) in [4.78, 5) is 31.3. The number of nitrogens with zero attached hydrogens (tertiary/aromatic N) is 3. The maximum atomic E-state index is 12.5. The van der Waals surface area contributed by atoms with Crippen LogP contribution in [0.1, 0.15) is 42.0 Å². The third-order valence-electron chi connectivity index (χ3n) is 6.10. The highest BCUT2D eigenvalue weighted by atomic mass is 16.3. The molecule has 1 N–H and O–H groups in total. The first-order chi connectivity index (χ1) is 15.1. The summed E-state index contributed by atoms with van der Waals surface area (Å²) in [5.74, 6) is 1.01. The molecule has 7 nitrogen and oxygen atoms in total. The molecular weight excluding hydrogens is 392 g/mol. The van der Waals surface area contributed by atoms with Crippen LogP contribution in [0, 0.1) is 6.92 Å². The van der Waals surface area contributed by atoms with E-state index in [1.165, 1.54) is 31.4 Å². The van der Waals surface area contributed by atoms with E-state index in [0.29, 0.717) is 38.5 Å². The van der Waals surface area contributed by atoms with Gasteiger partial charge in [-0.05, 0) is 56.2 Å². The number of hydrogen-bond acceptors (Lipinski definition) is 5. The summed E-state index contributed by atoms with van der Waals surface area (Å²) in [6.45, 7) is 6.91. The van der Waals surface area contributed by atoms with Gasteiger partial charge in [-0.3, -0.25) is 14.5 Å². The molecule has 0 atom stereocenters. The summed E-state index contributed by atoms with van der Waals surface area (Å²) >= 11 is 0. The van der Waals surface area contributed by atoms with E-state index in [1.54, 1.807) is 17.0 Å². The van der Waals surface area contributed by atoms with Gasteiger partial charge in [0.2, 0.25) is 5.91 Å². The van der Waals surface area contributed by atoms with E-state index in [0.717, 1.165) is 24.5 Å². The van der Waals surface area contributed by atoms with Crippen LogP contribution in [-0.4, -0.2) is 67.4 Å². The number of benzene rings is 1. The summed E-state index contributed by atoms with van der Waals surface area (Å²) < 4.78 is 5.44. The number of carbonyl (C=O) groups excluding carboxylic acids is 2. The zero-order chi connectivity index (χ0) is 21.6. The van der Waals surface area contributed by atoms with Gasteiger partial charge in [0, 0.05) is 50.6 Å². The summed E-state index contributed by atoms with van der Waals surface area (Å²) in [6.07, 6.45) is 5.13. The molecule has 2 amide bonds. The van der Waals surface area contributed by atoms with Gasteiger partial charge in [-0.2, -0.15) is 0 Å². The lowest BCUT2D eigenvalue weighted by molar-refractivity contribution is -0.117. The van der Waals surface area contributed by atoms with Crippen LogP contribution in [0.2, 0.25) is 0 Å². The molecule has 0 unspecified atom stereocenters. The molecule has 166 valence electrons. The number of piperazine rings is 1. The van der Waals surface area contributed by atoms with Crippen LogP contribution in [-0.2, 0) is 4.79 Å². The van der Waals surface area contributed by atoms with Crippen LogP contribution in [0.5, 0.6) is 0 Å². The number of hydrogen-bond donors (Lipinski definition) is 1. The number of furan rings is 1. The van der Waals surface area contributed by atoms with Crippen molar-refractivity contribution in [3.63, 3.8) is 0 Å². The van der Waals surface area contributed by atoms with Crippen molar-refractivity contribution in [3.8, 4) is 0 Å². The smallest absolute Gasteiger partial charge is 0.289 e. The zero-order valence-electron chi connectivity index (χ0n) is 18.3. The van der Waals surface area contributed by atoms with Gasteiger partial charge in [-0.25, -0.2) is 0 Å². The summed E-state index contributed by atoms with van der Waals surface area (Å²) in [5, 5.41) is 3.00. The summed E-state index contributed by atoms with van der Waals surface area (Å²) in [7, 11) is 0. The van der Waals surface area contributed by atoms with Gasteiger partial charge in [0.05, 0.1) is 6.54 Å². The van der Waals surface area contributed by atoms with Crippen molar-refractivity contribution >= 4 is 23.2 Å². The normalized spacial score (nSPS) is 18.0. The fourth-order valence-corrected chi connectivity index (χ4v) is 4.30. The van der Waals surface area contributed by atoms with E-state index < -0.39 is 0 Å². The fourth-order valence-electron chi connectivity index (χ4n) is 4.30. The average Bonchev–Trinajstić information content (AvgIpc) is 3.04. The first-order valence-corrected chi connectivity index (χ1v) is 11.3. The lowest BCUT2D eigenvalue weighted by Crippen LogP contribution is -2.50. The second-order valence-corrected chi connectivity index (χ2v) is 8.47. The third-order valence-corrected chi connectivity index (χ3v) is 6.10. The van der Waals surface area contributed by atoms with E-state index in [-0.39, 0.29) is 11.8 Å². The molecule has 2 aliphatic rings. The number of amides is 2. The standard InChI is InChI=1S/C24H32N4O3/c1-19-6-11-22(31-19)24(30)28-16-14-26(15-17-28)18-23(29)25-20-7-9-21(10-8-20)27-12-4-2-3-5-13-27/h6-11H,2-5,12-18H2,1H3,(H,25,29). The summed E-state index contributed by atoms with van der Waals surface area (Å²) in [6, 6.07) is 11.7. The van der Waals surface area contributed by atoms with Gasteiger partial charge in [0.15, 0.2) is 5.76 Å². The number of rotatable bonds is 5. The SMILES string of the molecule is Cc1ccc(C(=O)N2CCN(CC(=O)Nc3ccc(N4CCCCCC4)cc3)CC2)o1. The highest BCUT2D eigenvalue weighted by Gasteiger charge is 2.25. The Labute approximate surface area is 184 Å². The van der Waals surface area contributed by atoms with Crippen molar-refractivity contribution < 1.29 is 14.0 Å². The minimum absolute atomic E-state index is 0.0241. The Balaban J connectivity index is 1.22. The monoisotopic (exact) mass is 424 g/mol. The topological polar surface area (TPSA) is 69.0 Å². The summed E-state index contributed by atoms with van der Waals surface area (Å²) in [5.41, 5.74) is 2.05. The van der Waals surface area contributed by atoms with Crippen molar-refractivity contribution in [2.75, 3.05) is 56.0 Å². The van der Waals surface area contributed by atoms with Crippen LogP contribution in [0.15, 0.2) is 40.8 Å².